The van der Waals surface area contributed by atoms with Crippen molar-refractivity contribution in [3.63, 3.8) is 0 Å². The second kappa shape index (κ2) is 11.6. The number of nitrogens with two attached hydrogens (primary N) is 1. The summed E-state index contributed by atoms with van der Waals surface area (Å²) in [7, 11) is -2.88. The van der Waals surface area contributed by atoms with Crippen molar-refractivity contribution < 1.29 is 26.7 Å². The summed E-state index contributed by atoms with van der Waals surface area (Å²) in [5.74, 6) is 0.00715. The summed E-state index contributed by atoms with van der Waals surface area (Å²) in [6.07, 6.45) is -0.185. The summed E-state index contributed by atoms with van der Waals surface area (Å²) in [5, 5.41) is 8.46. The van der Waals surface area contributed by atoms with Crippen molar-refractivity contribution in [3.05, 3.63) is 66.4 Å². The molecule has 1 heterocycles. The Morgan fingerprint density at radius 3 is 2.30 bits per heavy atom. The quantitative estimate of drug-likeness (QED) is 0.340. The number of nitrogens with zero attached hydrogens (tertiary/aromatic N) is 2. The number of hydrogen-bond acceptors (Lipinski definition) is 7. The van der Waals surface area contributed by atoms with Crippen LogP contribution in [0.2, 0.25) is 10.0 Å². The lowest BCUT2D eigenvalue weighted by molar-refractivity contribution is 0.141. The molecule has 10 nitrogen and oxygen atoms in total. The SMILES string of the molecule is CCCCCc1cc(Oc2c(Cl)cc(-n3nc(C(F)F)c(=O)[nH]c3=O)cc2Cl)cc(S(N)(=O)=O)c1OC. The summed E-state index contributed by atoms with van der Waals surface area (Å²) in [6, 6.07) is 5.02. The zero-order valence-electron chi connectivity index (χ0n) is 19.6. The molecular weight excluding hydrogens is 557 g/mol. The Bertz CT molecular complexity index is 1520. The first-order chi connectivity index (χ1) is 17.4. The average molecular weight is 579 g/mol. The molecule has 0 saturated heterocycles. The molecule has 0 atom stereocenters. The van der Waals surface area contributed by atoms with E-state index in [9.17, 15) is 26.8 Å². The molecule has 2 aromatic carbocycles. The van der Waals surface area contributed by atoms with Crippen LogP contribution >= 0.6 is 23.2 Å². The zero-order valence-corrected chi connectivity index (χ0v) is 21.9. The maximum absolute atomic E-state index is 13.1. The van der Waals surface area contributed by atoms with Crippen LogP contribution in [0, 0.1) is 0 Å². The van der Waals surface area contributed by atoms with Crippen LogP contribution in [0.4, 0.5) is 8.78 Å². The standard InChI is InChI=1S/C22H22Cl2F2N4O6S/c1-3-4-5-6-11-7-13(10-16(18(11)35-2)37(27,33)34)36-19-14(23)8-12(9-15(19)24)30-22(32)28-21(31)17(29-30)20(25)26/h7-10,20H,3-6H2,1-2H3,(H2,27,33,34)(H,28,31,32). The Morgan fingerprint density at radius 2 is 1.76 bits per heavy atom. The summed E-state index contributed by atoms with van der Waals surface area (Å²) in [4.78, 5) is 25.2. The maximum Gasteiger partial charge on any atom is 0.349 e. The fourth-order valence-electron chi connectivity index (χ4n) is 3.50. The van der Waals surface area contributed by atoms with Gasteiger partial charge in [-0.1, -0.05) is 43.0 Å². The van der Waals surface area contributed by atoms with Crippen molar-refractivity contribution in [2.45, 2.75) is 43.9 Å². The van der Waals surface area contributed by atoms with E-state index in [1.165, 1.54) is 7.11 Å². The van der Waals surface area contributed by atoms with Crippen LogP contribution in [-0.2, 0) is 16.4 Å². The molecule has 0 fully saturated rings. The monoisotopic (exact) mass is 578 g/mol. The van der Waals surface area contributed by atoms with E-state index in [1.807, 2.05) is 6.92 Å². The summed E-state index contributed by atoms with van der Waals surface area (Å²) in [6.45, 7) is 2.02. The number of nitrogens with one attached hydrogen (secondary N) is 1. The number of hydrogen-bond donors (Lipinski definition) is 2. The number of aromatic amines is 1. The number of alkyl halides is 2. The van der Waals surface area contributed by atoms with Crippen molar-refractivity contribution >= 4 is 33.2 Å². The molecule has 0 amide bonds. The van der Waals surface area contributed by atoms with Gasteiger partial charge in [0.2, 0.25) is 10.0 Å². The van der Waals surface area contributed by atoms with Gasteiger partial charge in [0.05, 0.1) is 22.8 Å². The molecule has 37 heavy (non-hydrogen) atoms. The van der Waals surface area contributed by atoms with Gasteiger partial charge in [-0.25, -0.2) is 27.1 Å². The third-order valence-electron chi connectivity index (χ3n) is 5.17. The normalized spacial score (nSPS) is 11.7. The van der Waals surface area contributed by atoms with E-state index in [1.54, 1.807) is 11.1 Å². The molecule has 3 rings (SSSR count). The van der Waals surface area contributed by atoms with Gasteiger partial charge in [0.1, 0.15) is 16.4 Å². The fraction of sp³-hybridized carbons (Fsp3) is 0.318. The molecule has 0 spiro atoms. The second-order valence-corrected chi connectivity index (χ2v) is 10.2. The van der Waals surface area contributed by atoms with E-state index < -0.39 is 33.4 Å². The third-order valence-corrected chi connectivity index (χ3v) is 6.65. The van der Waals surface area contributed by atoms with Gasteiger partial charge in [-0.15, -0.1) is 0 Å². The molecular formula is C22H22Cl2F2N4O6S. The molecule has 0 unspecified atom stereocenters. The van der Waals surface area contributed by atoms with E-state index in [-0.39, 0.29) is 37.9 Å². The molecule has 0 aliphatic carbocycles. The van der Waals surface area contributed by atoms with Crippen LogP contribution in [0.15, 0.2) is 38.8 Å². The smallest absolute Gasteiger partial charge is 0.349 e. The highest BCUT2D eigenvalue weighted by atomic mass is 35.5. The number of H-pyrrole nitrogens is 1. The number of halogens is 4. The van der Waals surface area contributed by atoms with Gasteiger partial charge in [0, 0.05) is 6.07 Å². The van der Waals surface area contributed by atoms with Crippen LogP contribution in [0.1, 0.15) is 43.9 Å². The first kappa shape index (κ1) is 28.6. The first-order valence-corrected chi connectivity index (χ1v) is 13.1. The van der Waals surface area contributed by atoms with Crippen LogP contribution in [-0.4, -0.2) is 30.3 Å². The van der Waals surface area contributed by atoms with E-state index >= 15 is 0 Å². The van der Waals surface area contributed by atoms with E-state index in [0.717, 1.165) is 37.5 Å². The molecule has 0 aliphatic heterocycles. The average Bonchev–Trinajstić information content (AvgIpc) is 2.80. The molecule has 0 radical (unpaired) electrons. The van der Waals surface area contributed by atoms with Crippen molar-refractivity contribution in [1.29, 1.82) is 0 Å². The van der Waals surface area contributed by atoms with Gasteiger partial charge < -0.3 is 9.47 Å². The number of sulfonamides is 1. The molecule has 0 saturated carbocycles. The van der Waals surface area contributed by atoms with Crippen LogP contribution in [0.25, 0.3) is 5.69 Å². The number of primary sulfonamides is 1. The van der Waals surface area contributed by atoms with Gasteiger partial charge in [0.25, 0.3) is 12.0 Å². The number of unbranched alkanes of at least 4 members (excludes halogenated alkanes) is 2. The van der Waals surface area contributed by atoms with Gasteiger partial charge >= 0.3 is 5.69 Å². The predicted octanol–water partition coefficient (Wildman–Crippen LogP) is 4.35. The Kier molecular flexibility index (Phi) is 8.95. The molecule has 3 aromatic rings. The minimum Gasteiger partial charge on any atom is -0.495 e. The summed E-state index contributed by atoms with van der Waals surface area (Å²) in [5.41, 5.74) is -3.19. The van der Waals surface area contributed by atoms with Gasteiger partial charge in [-0.2, -0.15) is 9.78 Å². The highest BCUT2D eigenvalue weighted by Crippen LogP contribution is 2.41. The Hall–Kier alpha value is -3.00. The van der Waals surface area contributed by atoms with Gasteiger partial charge in [-0.05, 0) is 36.6 Å². The number of aryl methyl sites for hydroxylation is 1. The largest absolute Gasteiger partial charge is 0.495 e. The van der Waals surface area contributed by atoms with Crippen LogP contribution < -0.4 is 25.9 Å². The van der Waals surface area contributed by atoms with E-state index in [2.05, 4.69) is 5.10 Å². The topological polar surface area (TPSA) is 146 Å². The van der Waals surface area contributed by atoms with Crippen molar-refractivity contribution in [2.24, 2.45) is 5.14 Å². The minimum atomic E-state index is -4.20. The second-order valence-electron chi connectivity index (χ2n) is 7.81. The Labute approximate surface area is 220 Å². The lowest BCUT2D eigenvalue weighted by Gasteiger charge is -2.17. The number of rotatable bonds is 10. The number of methoxy groups -OCH3 is 1. The van der Waals surface area contributed by atoms with Gasteiger partial charge in [-0.3, -0.25) is 9.78 Å². The number of ether oxygens (including phenoxy) is 2. The van der Waals surface area contributed by atoms with Gasteiger partial charge in [0.15, 0.2) is 11.4 Å². The summed E-state index contributed by atoms with van der Waals surface area (Å²) < 4.78 is 62.3. The molecule has 200 valence electrons. The number of aromatic nitrogens is 3. The predicted molar refractivity (Wildman–Crippen MR) is 133 cm³/mol. The fourth-order valence-corrected chi connectivity index (χ4v) is 4.81. The van der Waals surface area contributed by atoms with Crippen molar-refractivity contribution in [1.82, 2.24) is 14.8 Å². The Morgan fingerprint density at radius 1 is 1.11 bits per heavy atom. The number of benzene rings is 2. The summed E-state index contributed by atoms with van der Waals surface area (Å²) >= 11 is 12.6. The lowest BCUT2D eigenvalue weighted by atomic mass is 10.1. The molecule has 0 aliphatic rings. The highest BCUT2D eigenvalue weighted by molar-refractivity contribution is 7.89. The van der Waals surface area contributed by atoms with Crippen molar-refractivity contribution in [2.75, 3.05) is 7.11 Å². The highest BCUT2D eigenvalue weighted by Gasteiger charge is 2.23. The molecule has 1 aromatic heterocycles. The first-order valence-electron chi connectivity index (χ1n) is 10.8. The zero-order chi connectivity index (χ0) is 27.5. The lowest BCUT2D eigenvalue weighted by Crippen LogP contribution is -2.34. The molecule has 0 bridgehead atoms. The van der Waals surface area contributed by atoms with Crippen LogP contribution in [0.3, 0.4) is 0 Å². The van der Waals surface area contributed by atoms with E-state index in [0.29, 0.717) is 16.7 Å². The third kappa shape index (κ3) is 6.47. The molecule has 3 N–H and O–H groups in total. The van der Waals surface area contributed by atoms with Crippen LogP contribution in [0.5, 0.6) is 17.2 Å². The molecule has 15 heteroatoms. The maximum atomic E-state index is 13.1. The Balaban J connectivity index is 2.09. The van der Waals surface area contributed by atoms with Crippen molar-refractivity contribution in [3.8, 4) is 22.9 Å². The minimum absolute atomic E-state index is 0.0344. The van der Waals surface area contributed by atoms with E-state index in [4.69, 9.17) is 37.8 Å².